The normalized spacial score (nSPS) is 15.1. The monoisotopic (exact) mass is 609 g/mol. The predicted octanol–water partition coefficient (Wildman–Crippen LogP) is 6.32. The Morgan fingerprint density at radius 1 is 1.05 bits per heavy atom. The summed E-state index contributed by atoms with van der Waals surface area (Å²) >= 11 is 13.3. The van der Waals surface area contributed by atoms with E-state index >= 15 is 0 Å². The first-order valence-electron chi connectivity index (χ1n) is 13.5. The largest absolute Gasteiger partial charge is 0.495 e. The molecular formula is C31H33Cl2N5O4. The third-order valence-electron chi connectivity index (χ3n) is 7.03. The summed E-state index contributed by atoms with van der Waals surface area (Å²) in [5.41, 5.74) is 3.90. The van der Waals surface area contributed by atoms with Gasteiger partial charge in [-0.1, -0.05) is 29.3 Å². The third-order valence-corrected chi connectivity index (χ3v) is 7.55. The van der Waals surface area contributed by atoms with Crippen molar-refractivity contribution >= 4 is 35.0 Å². The number of aryl methyl sites for hydroxylation is 1. The van der Waals surface area contributed by atoms with Crippen LogP contribution in [0.5, 0.6) is 5.75 Å². The summed E-state index contributed by atoms with van der Waals surface area (Å²) in [5.74, 6) is 0.616. The standard InChI is InChI=1S/C31H33Cl2N5O4/c1-31(2,3)42-29(39)35-22-8-9-37(18-22)23-12-20(16-34-17-23)25-15-21(32)14-24(28(25)41-5)19-6-7-27(26(33)13-19)38-11-10-36(4)30(38)40/h6-7,10-17,22H,8-9,18H2,1-5H3,(H,35,39)/t22-/m0/s1. The molecule has 0 spiro atoms. The number of imidazole rings is 1. The molecular weight excluding hydrogens is 577 g/mol. The quantitative estimate of drug-likeness (QED) is 0.275. The molecule has 2 aromatic carbocycles. The lowest BCUT2D eigenvalue weighted by Gasteiger charge is -2.22. The number of carbonyl (C=O) groups is 1. The molecule has 1 aliphatic rings. The smallest absolute Gasteiger partial charge is 0.407 e. The summed E-state index contributed by atoms with van der Waals surface area (Å²) in [4.78, 5) is 31.4. The number of nitrogens with zero attached hydrogens (tertiary/aromatic N) is 4. The van der Waals surface area contributed by atoms with Gasteiger partial charge in [-0.15, -0.1) is 0 Å². The van der Waals surface area contributed by atoms with Crippen molar-refractivity contribution in [3.8, 4) is 33.7 Å². The highest BCUT2D eigenvalue weighted by Crippen LogP contribution is 2.43. The number of aromatic nitrogens is 3. The second kappa shape index (κ2) is 11.7. The number of nitrogens with one attached hydrogen (secondary N) is 1. The molecule has 0 saturated carbocycles. The van der Waals surface area contributed by atoms with Crippen molar-refractivity contribution < 1.29 is 14.3 Å². The van der Waals surface area contributed by atoms with Gasteiger partial charge in [-0.05, 0) is 63.1 Å². The van der Waals surface area contributed by atoms with E-state index in [1.54, 1.807) is 51.1 Å². The van der Waals surface area contributed by atoms with Gasteiger partial charge in [0.15, 0.2) is 0 Å². The van der Waals surface area contributed by atoms with Gasteiger partial charge >= 0.3 is 11.8 Å². The number of ether oxygens (including phenoxy) is 2. The lowest BCUT2D eigenvalue weighted by Crippen LogP contribution is -2.40. The number of amides is 1. The highest BCUT2D eigenvalue weighted by atomic mass is 35.5. The Balaban J connectivity index is 1.43. The highest BCUT2D eigenvalue weighted by molar-refractivity contribution is 6.33. The molecule has 2 aromatic heterocycles. The zero-order valence-electron chi connectivity index (χ0n) is 24.1. The zero-order chi connectivity index (χ0) is 30.2. The summed E-state index contributed by atoms with van der Waals surface area (Å²) in [7, 11) is 3.30. The molecule has 1 atom stereocenters. The maximum Gasteiger partial charge on any atom is 0.407 e. The van der Waals surface area contributed by atoms with Gasteiger partial charge in [0.05, 0.1) is 35.7 Å². The number of rotatable bonds is 6. The van der Waals surface area contributed by atoms with Crippen LogP contribution < -0.4 is 20.6 Å². The summed E-state index contributed by atoms with van der Waals surface area (Å²) in [6.45, 7) is 6.93. The maximum absolute atomic E-state index is 12.5. The Morgan fingerprint density at radius 2 is 1.79 bits per heavy atom. The molecule has 0 radical (unpaired) electrons. The Morgan fingerprint density at radius 3 is 2.43 bits per heavy atom. The van der Waals surface area contributed by atoms with Crippen LogP contribution in [0.1, 0.15) is 27.2 Å². The van der Waals surface area contributed by atoms with E-state index in [9.17, 15) is 9.59 Å². The summed E-state index contributed by atoms with van der Waals surface area (Å²) in [5, 5.41) is 3.90. The fourth-order valence-electron chi connectivity index (χ4n) is 5.09. The fourth-order valence-corrected chi connectivity index (χ4v) is 5.58. The third kappa shape index (κ3) is 6.27. The number of methoxy groups -OCH3 is 1. The summed E-state index contributed by atoms with van der Waals surface area (Å²) in [6, 6.07) is 11.2. The van der Waals surface area contributed by atoms with Crippen LogP contribution in [0.3, 0.4) is 0 Å². The molecule has 1 amide bonds. The van der Waals surface area contributed by atoms with Gasteiger partial charge in [0.25, 0.3) is 0 Å². The second-order valence-electron chi connectivity index (χ2n) is 11.3. The first-order valence-corrected chi connectivity index (χ1v) is 14.3. The minimum absolute atomic E-state index is 0.0322. The SMILES string of the molecule is COc1c(-c2cncc(N3CC[C@H](NC(=O)OC(C)(C)C)C3)c2)cc(Cl)cc1-c1ccc(-n2ccn(C)c2=O)c(Cl)c1. The van der Waals surface area contributed by atoms with E-state index in [4.69, 9.17) is 32.7 Å². The average molecular weight is 611 g/mol. The topological polar surface area (TPSA) is 90.6 Å². The molecule has 0 bridgehead atoms. The number of anilines is 1. The summed E-state index contributed by atoms with van der Waals surface area (Å²) in [6.07, 6.45) is 7.31. The van der Waals surface area contributed by atoms with Gasteiger partial charge in [-0.2, -0.15) is 0 Å². The molecule has 5 rings (SSSR count). The van der Waals surface area contributed by atoms with E-state index in [1.165, 1.54) is 9.13 Å². The van der Waals surface area contributed by atoms with Crippen LogP contribution in [0.25, 0.3) is 27.9 Å². The number of hydrogen-bond acceptors (Lipinski definition) is 6. The molecule has 9 nitrogen and oxygen atoms in total. The lowest BCUT2D eigenvalue weighted by molar-refractivity contribution is 0.0509. The van der Waals surface area contributed by atoms with Crippen molar-refractivity contribution in [3.05, 3.63) is 81.7 Å². The molecule has 1 saturated heterocycles. The van der Waals surface area contributed by atoms with E-state index in [0.29, 0.717) is 28.0 Å². The molecule has 42 heavy (non-hydrogen) atoms. The second-order valence-corrected chi connectivity index (χ2v) is 12.1. The highest BCUT2D eigenvalue weighted by Gasteiger charge is 2.27. The Hall–Kier alpha value is -3.95. The number of hydrogen-bond donors (Lipinski definition) is 1. The van der Waals surface area contributed by atoms with Crippen LogP contribution in [0, 0.1) is 0 Å². The van der Waals surface area contributed by atoms with Crippen molar-refractivity contribution in [2.24, 2.45) is 7.05 Å². The number of halogens is 2. The number of carbonyl (C=O) groups excluding carboxylic acids is 1. The molecule has 0 unspecified atom stereocenters. The molecule has 1 fully saturated rings. The predicted molar refractivity (Wildman–Crippen MR) is 166 cm³/mol. The van der Waals surface area contributed by atoms with Crippen LogP contribution in [0.2, 0.25) is 10.0 Å². The van der Waals surface area contributed by atoms with Crippen molar-refractivity contribution in [1.29, 1.82) is 0 Å². The van der Waals surface area contributed by atoms with Gasteiger partial charge in [-0.25, -0.2) is 9.59 Å². The van der Waals surface area contributed by atoms with Gasteiger partial charge in [0, 0.05) is 60.4 Å². The van der Waals surface area contributed by atoms with Crippen molar-refractivity contribution in [2.45, 2.75) is 38.8 Å². The van der Waals surface area contributed by atoms with Gasteiger partial charge < -0.3 is 24.3 Å². The molecule has 1 aliphatic heterocycles. The first-order chi connectivity index (χ1) is 19.9. The van der Waals surface area contributed by atoms with Gasteiger partial charge in [0.1, 0.15) is 11.4 Å². The number of pyridine rings is 1. The van der Waals surface area contributed by atoms with Gasteiger partial charge in [0.2, 0.25) is 0 Å². The molecule has 0 aliphatic carbocycles. The van der Waals surface area contributed by atoms with Crippen LogP contribution in [0.15, 0.2) is 66.0 Å². The molecule has 220 valence electrons. The van der Waals surface area contributed by atoms with Crippen molar-refractivity contribution in [2.75, 3.05) is 25.1 Å². The van der Waals surface area contributed by atoms with E-state index in [1.807, 2.05) is 45.0 Å². The zero-order valence-corrected chi connectivity index (χ0v) is 25.7. The van der Waals surface area contributed by atoms with E-state index < -0.39 is 11.7 Å². The van der Waals surface area contributed by atoms with Crippen molar-refractivity contribution in [1.82, 2.24) is 19.4 Å². The Kier molecular flexibility index (Phi) is 8.25. The van der Waals surface area contributed by atoms with Crippen LogP contribution >= 0.6 is 23.2 Å². The average Bonchev–Trinajstić information content (AvgIpc) is 3.53. The van der Waals surface area contributed by atoms with Crippen LogP contribution in [0.4, 0.5) is 10.5 Å². The lowest BCUT2D eigenvalue weighted by atomic mass is 9.97. The molecule has 3 heterocycles. The van der Waals surface area contributed by atoms with Crippen LogP contribution in [-0.4, -0.2) is 52.1 Å². The first kappa shape index (κ1) is 29.5. The van der Waals surface area contributed by atoms with E-state index in [0.717, 1.165) is 40.9 Å². The van der Waals surface area contributed by atoms with Crippen molar-refractivity contribution in [3.63, 3.8) is 0 Å². The van der Waals surface area contributed by atoms with Gasteiger partial charge in [-0.3, -0.25) is 9.55 Å². The number of alkyl carbamates (subject to hydrolysis) is 1. The molecule has 11 heteroatoms. The minimum atomic E-state index is -0.551. The minimum Gasteiger partial charge on any atom is -0.495 e. The Bertz CT molecular complexity index is 1690. The fraction of sp³-hybridized carbons (Fsp3) is 0.323. The maximum atomic E-state index is 12.5. The molecule has 4 aromatic rings. The number of benzene rings is 2. The summed E-state index contributed by atoms with van der Waals surface area (Å²) < 4.78 is 14.3. The van der Waals surface area contributed by atoms with E-state index in [2.05, 4.69) is 15.2 Å². The van der Waals surface area contributed by atoms with Crippen LogP contribution in [-0.2, 0) is 11.8 Å². The Labute approximate surface area is 254 Å². The van der Waals surface area contributed by atoms with E-state index in [-0.39, 0.29) is 11.7 Å². The molecule has 1 N–H and O–H groups in total.